The van der Waals surface area contributed by atoms with E-state index in [1.807, 2.05) is 0 Å². The van der Waals surface area contributed by atoms with E-state index in [1.54, 1.807) is 0 Å². The van der Waals surface area contributed by atoms with E-state index in [-0.39, 0.29) is 26.1 Å². The van der Waals surface area contributed by atoms with Crippen LogP contribution in [-0.2, 0) is 0 Å². The molecule has 9 heteroatoms. The summed E-state index contributed by atoms with van der Waals surface area (Å²) in [7, 11) is 0. The van der Waals surface area contributed by atoms with Gasteiger partial charge in [-0.3, -0.25) is 0 Å². The molecule has 0 radical (unpaired) electrons. The smallest absolute Gasteiger partial charge is 0.245 e. The number of hydrogen-bond acceptors (Lipinski definition) is 3. The molecule has 1 aromatic carbocycles. The van der Waals surface area contributed by atoms with E-state index in [9.17, 15) is 13.6 Å². The lowest BCUT2D eigenvalue weighted by Gasteiger charge is -2.05. The first-order valence-corrected chi connectivity index (χ1v) is 6.18. The number of thiol groups is 1. The first-order chi connectivity index (χ1) is 8.82. The predicted octanol–water partition coefficient (Wildman–Crippen LogP) is 3.33. The van der Waals surface area contributed by atoms with Crippen LogP contribution < -0.4 is 5.69 Å². The summed E-state index contributed by atoms with van der Waals surface area (Å²) in [6.07, 6.45) is 0. The second-order valence-electron chi connectivity index (χ2n) is 3.64. The van der Waals surface area contributed by atoms with E-state index in [4.69, 9.17) is 23.2 Å². The Balaban J connectivity index is 2.70. The van der Waals surface area contributed by atoms with Crippen LogP contribution in [0.3, 0.4) is 0 Å². The highest BCUT2D eigenvalue weighted by molar-refractivity contribution is 7.80. The van der Waals surface area contributed by atoms with E-state index in [2.05, 4.69) is 17.7 Å². The van der Waals surface area contributed by atoms with Crippen molar-refractivity contribution in [3.05, 3.63) is 38.5 Å². The molecule has 0 saturated heterocycles. The van der Waals surface area contributed by atoms with Crippen molar-refractivity contribution >= 4 is 35.8 Å². The predicted molar refractivity (Wildman–Crippen MR) is 71.1 cm³/mol. The molecule has 4 nitrogen and oxygen atoms in total. The second kappa shape index (κ2) is 5.15. The fraction of sp³-hybridized carbons (Fsp3) is 0.200. The summed E-state index contributed by atoms with van der Waals surface area (Å²) in [5.74, 6) is -0.119. The lowest BCUT2D eigenvalue weighted by Crippen LogP contribution is -2.24. The monoisotopic (exact) mass is 325 g/mol. The Morgan fingerprint density at radius 2 is 1.95 bits per heavy atom. The summed E-state index contributed by atoms with van der Waals surface area (Å²) in [6.45, 7) is -1.67. The Morgan fingerprint density at radius 1 is 1.32 bits per heavy atom. The van der Waals surface area contributed by atoms with Crippen LogP contribution >= 0.6 is 35.8 Å². The first kappa shape index (κ1) is 14.4. The molecule has 0 spiro atoms. The molecular formula is C10H7Cl2F2N3OS. The highest BCUT2D eigenvalue weighted by atomic mass is 35.5. The van der Waals surface area contributed by atoms with Gasteiger partial charge in [0, 0.05) is 4.90 Å². The van der Waals surface area contributed by atoms with Gasteiger partial charge in [-0.1, -0.05) is 23.2 Å². The Morgan fingerprint density at radius 3 is 2.47 bits per heavy atom. The Kier molecular flexibility index (Phi) is 3.89. The average molecular weight is 326 g/mol. The van der Waals surface area contributed by atoms with Crippen molar-refractivity contribution in [3.63, 3.8) is 0 Å². The van der Waals surface area contributed by atoms with Gasteiger partial charge in [0.15, 0.2) is 0 Å². The minimum atomic E-state index is -2.97. The van der Waals surface area contributed by atoms with Crippen molar-refractivity contribution in [2.24, 2.45) is 0 Å². The van der Waals surface area contributed by atoms with Crippen molar-refractivity contribution in [3.8, 4) is 5.69 Å². The zero-order valence-corrected chi connectivity index (χ0v) is 11.8. The van der Waals surface area contributed by atoms with Gasteiger partial charge in [-0.25, -0.2) is 9.36 Å². The molecule has 0 atom stereocenters. The molecule has 0 aliphatic rings. The molecule has 0 unspecified atom stereocenters. The normalized spacial score (nSPS) is 11.3. The Hall–Kier alpha value is -1.05. The molecule has 0 amide bonds. The van der Waals surface area contributed by atoms with Crippen molar-refractivity contribution in [2.75, 3.05) is 0 Å². The summed E-state index contributed by atoms with van der Waals surface area (Å²) in [5.41, 5.74) is -0.840. The molecule has 0 saturated carbocycles. The van der Waals surface area contributed by atoms with E-state index in [1.165, 1.54) is 19.1 Å². The summed E-state index contributed by atoms with van der Waals surface area (Å²) < 4.78 is 26.5. The zero-order chi connectivity index (χ0) is 14.3. The summed E-state index contributed by atoms with van der Waals surface area (Å²) in [4.78, 5) is 12.2. The quantitative estimate of drug-likeness (QED) is 0.860. The van der Waals surface area contributed by atoms with Gasteiger partial charge in [0.2, 0.25) is 0 Å². The van der Waals surface area contributed by atoms with Gasteiger partial charge in [-0.15, -0.1) is 17.7 Å². The number of rotatable bonds is 2. The van der Waals surface area contributed by atoms with Crippen LogP contribution in [-0.4, -0.2) is 14.3 Å². The maximum absolute atomic E-state index is 12.7. The topological polar surface area (TPSA) is 39.8 Å². The molecule has 19 heavy (non-hydrogen) atoms. The maximum atomic E-state index is 12.7. The SMILES string of the molecule is Cc1nn(-c2cc(S)c(Cl)cc2Cl)c(=O)n1C(F)F. The van der Waals surface area contributed by atoms with Crippen LogP contribution in [0.2, 0.25) is 10.0 Å². The third-order valence-corrected chi connectivity index (χ3v) is 3.54. The van der Waals surface area contributed by atoms with Gasteiger partial charge in [0.05, 0.1) is 15.7 Å². The van der Waals surface area contributed by atoms with E-state index < -0.39 is 12.2 Å². The lowest BCUT2D eigenvalue weighted by atomic mass is 10.3. The van der Waals surface area contributed by atoms with Crippen molar-refractivity contribution in [1.82, 2.24) is 14.3 Å². The van der Waals surface area contributed by atoms with Crippen LogP contribution in [0.1, 0.15) is 12.4 Å². The number of nitrogens with zero attached hydrogens (tertiary/aromatic N) is 3. The molecule has 102 valence electrons. The van der Waals surface area contributed by atoms with Gasteiger partial charge < -0.3 is 0 Å². The largest absolute Gasteiger partial charge is 0.355 e. The fourth-order valence-corrected chi connectivity index (χ4v) is 2.20. The summed E-state index contributed by atoms with van der Waals surface area (Å²) in [6, 6.07) is 2.75. The molecule has 0 aliphatic heterocycles. The fourth-order valence-electron chi connectivity index (χ4n) is 1.55. The molecule has 2 aromatic rings. The van der Waals surface area contributed by atoms with Crippen LogP contribution in [0.25, 0.3) is 5.69 Å². The molecule has 1 aromatic heterocycles. The number of alkyl halides is 2. The van der Waals surface area contributed by atoms with Gasteiger partial charge in [0.1, 0.15) is 5.82 Å². The lowest BCUT2D eigenvalue weighted by molar-refractivity contribution is 0.0640. The maximum Gasteiger partial charge on any atom is 0.355 e. The zero-order valence-electron chi connectivity index (χ0n) is 9.44. The van der Waals surface area contributed by atoms with E-state index in [0.717, 1.165) is 4.68 Å². The van der Waals surface area contributed by atoms with Gasteiger partial charge in [0.25, 0.3) is 0 Å². The van der Waals surface area contributed by atoms with Crippen LogP contribution in [0, 0.1) is 6.92 Å². The molecule has 0 bridgehead atoms. The number of hydrogen-bond donors (Lipinski definition) is 1. The highest BCUT2D eigenvalue weighted by Gasteiger charge is 2.20. The van der Waals surface area contributed by atoms with E-state index >= 15 is 0 Å². The molecule has 0 fully saturated rings. The van der Waals surface area contributed by atoms with Crippen LogP contribution in [0.4, 0.5) is 8.78 Å². The van der Waals surface area contributed by atoms with Gasteiger partial charge in [-0.2, -0.15) is 13.5 Å². The molecule has 1 heterocycles. The second-order valence-corrected chi connectivity index (χ2v) is 4.94. The van der Waals surface area contributed by atoms with Crippen LogP contribution in [0.15, 0.2) is 21.8 Å². The first-order valence-electron chi connectivity index (χ1n) is 4.97. The summed E-state index contributed by atoms with van der Waals surface area (Å²) in [5, 5.41) is 4.16. The number of benzene rings is 1. The van der Waals surface area contributed by atoms with Gasteiger partial charge >= 0.3 is 12.2 Å². The molecule has 0 aliphatic carbocycles. The average Bonchev–Trinajstić information content (AvgIpc) is 2.59. The van der Waals surface area contributed by atoms with E-state index in [0.29, 0.717) is 4.90 Å². The molecule has 0 N–H and O–H groups in total. The molecule has 2 rings (SSSR count). The molecular weight excluding hydrogens is 319 g/mol. The van der Waals surface area contributed by atoms with Crippen molar-refractivity contribution in [2.45, 2.75) is 18.4 Å². The van der Waals surface area contributed by atoms with Crippen molar-refractivity contribution in [1.29, 1.82) is 0 Å². The number of aryl methyl sites for hydroxylation is 1. The van der Waals surface area contributed by atoms with Crippen LogP contribution in [0.5, 0.6) is 0 Å². The van der Waals surface area contributed by atoms with Crippen molar-refractivity contribution < 1.29 is 8.78 Å². The third kappa shape index (κ3) is 2.50. The standard InChI is InChI=1S/C10H7Cl2F2N3OS/c1-4-15-17(10(18)16(4)9(13)14)7-3-8(19)6(12)2-5(7)11/h2-3,9,19H,1H3. The Bertz CT molecular complexity index is 699. The minimum absolute atomic E-state index is 0.115. The number of aromatic nitrogens is 3. The highest BCUT2D eigenvalue weighted by Crippen LogP contribution is 2.29. The number of halogens is 4. The minimum Gasteiger partial charge on any atom is -0.245 e. The van der Waals surface area contributed by atoms with Gasteiger partial charge in [-0.05, 0) is 19.1 Å². The third-order valence-electron chi connectivity index (χ3n) is 2.42. The summed E-state index contributed by atoms with van der Waals surface area (Å²) >= 11 is 15.8. The Labute approximate surface area is 122 Å².